The third-order valence-electron chi connectivity index (χ3n) is 2.54. The number of hydrogen-bond donors (Lipinski definition) is 1. The number of carbonyl (C=O) groups is 1. The van der Waals surface area contributed by atoms with Gasteiger partial charge < -0.3 is 15.2 Å². The van der Waals surface area contributed by atoms with Crippen molar-refractivity contribution in [2.24, 2.45) is 10.9 Å². The minimum atomic E-state index is -0.912. The van der Waals surface area contributed by atoms with E-state index in [0.29, 0.717) is 5.75 Å². The lowest BCUT2D eigenvalue weighted by atomic mass is 10.2. The van der Waals surface area contributed by atoms with Crippen LogP contribution in [0.5, 0.6) is 5.75 Å². The highest BCUT2D eigenvalue weighted by molar-refractivity contribution is 5.85. The lowest BCUT2D eigenvalue weighted by Gasteiger charge is -2.08. The topological polar surface area (TPSA) is 96.0 Å². The summed E-state index contributed by atoms with van der Waals surface area (Å²) in [6, 6.07) is 9.32. The second-order valence-electron chi connectivity index (χ2n) is 4.71. The maximum absolute atomic E-state index is 11.1. The van der Waals surface area contributed by atoms with Crippen LogP contribution in [0, 0.1) is 0 Å². The Hall–Kier alpha value is -2.83. The molecule has 7 nitrogen and oxygen atoms in total. The van der Waals surface area contributed by atoms with Crippen molar-refractivity contribution in [3.63, 3.8) is 0 Å². The largest absolute Gasteiger partial charge is 0.535 e. The van der Waals surface area contributed by atoms with E-state index >= 15 is 0 Å². The Morgan fingerprint density at radius 1 is 1.32 bits per heavy atom. The number of para-hydroxylation sites is 1. The number of nitrogens with two attached hydrogens (primary N) is 1. The van der Waals surface area contributed by atoms with Crippen LogP contribution in [-0.2, 0) is 9.57 Å². The van der Waals surface area contributed by atoms with Gasteiger partial charge in [-0.1, -0.05) is 23.4 Å². The monoisotopic (exact) mass is 303 g/mol. The zero-order valence-electron chi connectivity index (χ0n) is 12.4. The van der Waals surface area contributed by atoms with E-state index in [2.05, 4.69) is 15.0 Å². The molecule has 2 N–H and O–H groups in total. The van der Waals surface area contributed by atoms with Crippen LogP contribution in [0.15, 0.2) is 41.7 Å². The third kappa shape index (κ3) is 4.34. The molecule has 0 bridgehead atoms. The average molecular weight is 303 g/mol. The SMILES string of the molecule is CC(C)OC(=O)ON=C(N)COc1cccc2cccnc12. The fourth-order valence-electron chi connectivity index (χ4n) is 1.68. The number of rotatable bonds is 5. The summed E-state index contributed by atoms with van der Waals surface area (Å²) >= 11 is 0. The molecule has 1 heterocycles. The van der Waals surface area contributed by atoms with Crippen LogP contribution in [0.25, 0.3) is 10.9 Å². The molecule has 2 rings (SSSR count). The third-order valence-corrected chi connectivity index (χ3v) is 2.54. The van der Waals surface area contributed by atoms with Gasteiger partial charge in [-0.15, -0.1) is 0 Å². The molecule has 2 aromatic rings. The van der Waals surface area contributed by atoms with Crippen LogP contribution >= 0.6 is 0 Å². The van der Waals surface area contributed by atoms with Crippen molar-refractivity contribution in [3.05, 3.63) is 36.5 Å². The number of oxime groups is 1. The number of carbonyl (C=O) groups excluding carboxylic acids is 1. The number of benzene rings is 1. The first-order valence-corrected chi connectivity index (χ1v) is 6.73. The van der Waals surface area contributed by atoms with Gasteiger partial charge in [0, 0.05) is 11.6 Å². The average Bonchev–Trinajstić information content (AvgIpc) is 2.50. The highest BCUT2D eigenvalue weighted by atomic mass is 16.8. The molecule has 116 valence electrons. The molecule has 0 radical (unpaired) electrons. The van der Waals surface area contributed by atoms with Crippen LogP contribution in [0.3, 0.4) is 0 Å². The van der Waals surface area contributed by atoms with Crippen LogP contribution in [-0.4, -0.2) is 29.7 Å². The minimum Gasteiger partial charge on any atom is -0.483 e. The van der Waals surface area contributed by atoms with Gasteiger partial charge in [-0.25, -0.2) is 4.79 Å². The Labute approximate surface area is 127 Å². The molecule has 0 aliphatic heterocycles. The Kier molecular flexibility index (Phi) is 5.13. The van der Waals surface area contributed by atoms with Crippen molar-refractivity contribution in [2.45, 2.75) is 20.0 Å². The number of aromatic nitrogens is 1. The van der Waals surface area contributed by atoms with E-state index < -0.39 is 6.16 Å². The van der Waals surface area contributed by atoms with Gasteiger partial charge in [0.05, 0.1) is 6.10 Å². The number of fused-ring (bicyclic) bond motifs is 1. The summed E-state index contributed by atoms with van der Waals surface area (Å²) in [4.78, 5) is 19.9. The quantitative estimate of drug-likeness (QED) is 0.300. The fraction of sp³-hybridized carbons (Fsp3) is 0.267. The summed E-state index contributed by atoms with van der Waals surface area (Å²) in [6.45, 7) is 3.36. The Morgan fingerprint density at radius 3 is 2.86 bits per heavy atom. The lowest BCUT2D eigenvalue weighted by molar-refractivity contribution is 0.0358. The van der Waals surface area contributed by atoms with E-state index in [0.717, 1.165) is 10.9 Å². The number of amidine groups is 1. The predicted molar refractivity (Wildman–Crippen MR) is 81.6 cm³/mol. The summed E-state index contributed by atoms with van der Waals surface area (Å²) in [5.74, 6) is 0.578. The van der Waals surface area contributed by atoms with Crippen LogP contribution in [0.1, 0.15) is 13.8 Å². The van der Waals surface area contributed by atoms with Crippen molar-refractivity contribution < 1.29 is 19.1 Å². The molecule has 0 atom stereocenters. The molecule has 0 saturated carbocycles. The van der Waals surface area contributed by atoms with E-state index in [1.54, 1.807) is 26.1 Å². The van der Waals surface area contributed by atoms with E-state index in [1.807, 2.05) is 24.3 Å². The summed E-state index contributed by atoms with van der Waals surface area (Å²) in [6.07, 6.45) is 0.476. The Morgan fingerprint density at radius 2 is 2.09 bits per heavy atom. The molecule has 0 unspecified atom stereocenters. The maximum Gasteiger partial charge on any atom is 0.535 e. The maximum atomic E-state index is 11.1. The van der Waals surface area contributed by atoms with Crippen molar-refractivity contribution in [1.29, 1.82) is 0 Å². The molecule has 7 heteroatoms. The second-order valence-corrected chi connectivity index (χ2v) is 4.71. The number of nitrogens with zero attached hydrogens (tertiary/aromatic N) is 2. The summed E-state index contributed by atoms with van der Waals surface area (Å²) in [7, 11) is 0. The van der Waals surface area contributed by atoms with Gasteiger partial charge >= 0.3 is 6.16 Å². The van der Waals surface area contributed by atoms with E-state index in [-0.39, 0.29) is 18.5 Å². The zero-order chi connectivity index (χ0) is 15.9. The fourth-order valence-corrected chi connectivity index (χ4v) is 1.68. The van der Waals surface area contributed by atoms with Crippen LogP contribution in [0.2, 0.25) is 0 Å². The van der Waals surface area contributed by atoms with E-state index in [1.165, 1.54) is 0 Å². The normalized spacial score (nSPS) is 11.5. The van der Waals surface area contributed by atoms with E-state index in [4.69, 9.17) is 15.2 Å². The van der Waals surface area contributed by atoms with Crippen molar-refractivity contribution in [3.8, 4) is 5.75 Å². The molecule has 0 saturated heterocycles. The van der Waals surface area contributed by atoms with Crippen LogP contribution < -0.4 is 10.5 Å². The first kappa shape index (κ1) is 15.6. The van der Waals surface area contributed by atoms with Crippen molar-refractivity contribution >= 4 is 22.9 Å². The van der Waals surface area contributed by atoms with Gasteiger partial charge in [0.2, 0.25) is 0 Å². The molecule has 0 spiro atoms. The minimum absolute atomic E-state index is 0.00800. The molecule has 0 aliphatic carbocycles. The standard InChI is InChI=1S/C15H17N3O4/c1-10(2)21-15(19)22-18-13(16)9-20-12-7-3-5-11-6-4-8-17-14(11)12/h3-8,10H,9H2,1-2H3,(H2,16,18). The van der Waals surface area contributed by atoms with Crippen molar-refractivity contribution in [1.82, 2.24) is 4.98 Å². The Bertz CT molecular complexity index is 680. The van der Waals surface area contributed by atoms with Gasteiger partial charge in [-0.05, 0) is 26.0 Å². The first-order chi connectivity index (χ1) is 10.6. The number of hydrogen-bond acceptors (Lipinski definition) is 6. The van der Waals surface area contributed by atoms with Gasteiger partial charge in [-0.3, -0.25) is 9.82 Å². The first-order valence-electron chi connectivity index (χ1n) is 6.73. The summed E-state index contributed by atoms with van der Waals surface area (Å²) in [5.41, 5.74) is 6.34. The van der Waals surface area contributed by atoms with Gasteiger partial charge in [0.1, 0.15) is 17.9 Å². The molecule has 0 aliphatic rings. The molecule has 22 heavy (non-hydrogen) atoms. The summed E-state index contributed by atoms with van der Waals surface area (Å²) in [5, 5.41) is 4.40. The Balaban J connectivity index is 1.95. The summed E-state index contributed by atoms with van der Waals surface area (Å²) < 4.78 is 10.3. The highest BCUT2D eigenvalue weighted by Crippen LogP contribution is 2.22. The molecular weight excluding hydrogens is 286 g/mol. The highest BCUT2D eigenvalue weighted by Gasteiger charge is 2.08. The molecule has 1 aromatic heterocycles. The van der Waals surface area contributed by atoms with Gasteiger partial charge in [0.25, 0.3) is 0 Å². The zero-order valence-corrected chi connectivity index (χ0v) is 12.4. The smallest absolute Gasteiger partial charge is 0.483 e. The number of pyridine rings is 1. The molecule has 0 amide bonds. The molecule has 0 fully saturated rings. The van der Waals surface area contributed by atoms with E-state index in [9.17, 15) is 4.79 Å². The predicted octanol–water partition coefficient (Wildman–Crippen LogP) is 2.45. The lowest BCUT2D eigenvalue weighted by Crippen LogP contribution is -2.22. The number of ether oxygens (including phenoxy) is 2. The van der Waals surface area contributed by atoms with Crippen LogP contribution in [0.4, 0.5) is 4.79 Å². The van der Waals surface area contributed by atoms with Gasteiger partial charge in [0.15, 0.2) is 5.84 Å². The molecular formula is C15H17N3O4. The molecule has 1 aromatic carbocycles. The van der Waals surface area contributed by atoms with Crippen molar-refractivity contribution in [2.75, 3.05) is 6.61 Å². The second kappa shape index (κ2) is 7.26. The van der Waals surface area contributed by atoms with Gasteiger partial charge in [-0.2, -0.15) is 0 Å².